The van der Waals surface area contributed by atoms with Crippen molar-refractivity contribution >= 4 is 23.2 Å². The van der Waals surface area contributed by atoms with E-state index in [1.54, 1.807) is 0 Å². The molecule has 1 aliphatic rings. The van der Waals surface area contributed by atoms with Crippen LogP contribution in [0.4, 0.5) is 0 Å². The van der Waals surface area contributed by atoms with Gasteiger partial charge in [-0.2, -0.15) is 0 Å². The first-order valence-corrected chi connectivity index (χ1v) is 6.18. The van der Waals surface area contributed by atoms with Crippen LogP contribution in [0.15, 0.2) is 11.3 Å². The number of hydrogen-bond donors (Lipinski definition) is 1. The van der Waals surface area contributed by atoms with Gasteiger partial charge in [-0.3, -0.25) is 9.59 Å². The van der Waals surface area contributed by atoms with Crippen LogP contribution in [0.2, 0.25) is 0 Å². The smallest absolute Gasteiger partial charge is 0.170 e. The molecule has 0 fully saturated rings. The molecule has 0 bridgehead atoms. The van der Waals surface area contributed by atoms with Gasteiger partial charge in [0.05, 0.1) is 5.57 Å². The fraction of sp³-hybridized carbons (Fsp3) is 0.667. The molecule has 0 aromatic carbocycles. The summed E-state index contributed by atoms with van der Waals surface area (Å²) in [5.74, 6) is 0.0725. The number of aliphatic hydroxyl groups is 1. The number of aliphatic hydroxyl groups excluding tert-OH is 1. The second-order valence-electron chi connectivity index (χ2n) is 4.17. The molecule has 16 heavy (non-hydrogen) atoms. The van der Waals surface area contributed by atoms with Crippen molar-refractivity contribution in [3.8, 4) is 0 Å². The van der Waals surface area contributed by atoms with E-state index in [-0.39, 0.29) is 28.8 Å². The number of carbonyl (C=O) groups is 2. The van der Waals surface area contributed by atoms with Crippen molar-refractivity contribution in [1.82, 2.24) is 0 Å². The van der Waals surface area contributed by atoms with Crippen LogP contribution in [0, 0.1) is 5.92 Å². The summed E-state index contributed by atoms with van der Waals surface area (Å²) in [7, 11) is 0. The lowest BCUT2D eigenvalue weighted by Crippen LogP contribution is -2.24. The van der Waals surface area contributed by atoms with Crippen molar-refractivity contribution in [2.24, 2.45) is 5.92 Å². The SMILES string of the molecule is CCCC(=O)C1=C(O)CC(CCCl)CC1=O. The maximum Gasteiger partial charge on any atom is 0.170 e. The number of hydrogen-bond acceptors (Lipinski definition) is 3. The van der Waals surface area contributed by atoms with Crippen LogP contribution >= 0.6 is 11.6 Å². The molecule has 0 radical (unpaired) electrons. The first-order chi connectivity index (χ1) is 7.60. The third-order valence-corrected chi connectivity index (χ3v) is 3.01. The minimum atomic E-state index is -0.227. The molecule has 1 N–H and O–H groups in total. The largest absolute Gasteiger partial charge is 0.511 e. The average molecular weight is 245 g/mol. The highest BCUT2D eigenvalue weighted by Crippen LogP contribution is 2.29. The van der Waals surface area contributed by atoms with Gasteiger partial charge >= 0.3 is 0 Å². The van der Waals surface area contributed by atoms with E-state index in [2.05, 4.69) is 0 Å². The minimum Gasteiger partial charge on any atom is -0.511 e. The predicted molar refractivity (Wildman–Crippen MR) is 62.6 cm³/mol. The monoisotopic (exact) mass is 244 g/mol. The lowest BCUT2D eigenvalue weighted by molar-refractivity contribution is -0.123. The summed E-state index contributed by atoms with van der Waals surface area (Å²) in [6.07, 6.45) is 2.46. The van der Waals surface area contributed by atoms with Crippen molar-refractivity contribution in [1.29, 1.82) is 0 Å². The average Bonchev–Trinajstić information content (AvgIpc) is 2.17. The van der Waals surface area contributed by atoms with Crippen LogP contribution in [0.25, 0.3) is 0 Å². The first kappa shape index (κ1) is 13.2. The Kier molecular flexibility index (Phi) is 5.00. The Labute approximate surface area is 100 Å². The Hall–Kier alpha value is -0.830. The molecule has 90 valence electrons. The molecular formula is C12H17ClO3. The molecule has 0 aromatic heterocycles. The van der Waals surface area contributed by atoms with Gasteiger partial charge in [-0.15, -0.1) is 11.6 Å². The fourth-order valence-corrected chi connectivity index (χ4v) is 2.31. The van der Waals surface area contributed by atoms with E-state index in [0.717, 1.165) is 0 Å². The number of Topliss-reactive ketones (excluding diaryl/α,β-unsaturated/α-hetero) is 2. The second-order valence-corrected chi connectivity index (χ2v) is 4.55. The van der Waals surface area contributed by atoms with Crippen LogP contribution in [0.1, 0.15) is 39.0 Å². The number of carbonyl (C=O) groups excluding carboxylic acids is 2. The van der Waals surface area contributed by atoms with E-state index in [4.69, 9.17) is 11.6 Å². The quantitative estimate of drug-likeness (QED) is 0.598. The van der Waals surface area contributed by atoms with Crippen molar-refractivity contribution in [3.05, 3.63) is 11.3 Å². The summed E-state index contributed by atoms with van der Waals surface area (Å²) in [6.45, 7) is 1.87. The summed E-state index contributed by atoms with van der Waals surface area (Å²) >= 11 is 5.60. The van der Waals surface area contributed by atoms with Crippen LogP contribution in [-0.4, -0.2) is 22.6 Å². The number of allylic oxidation sites excluding steroid dienone is 2. The van der Waals surface area contributed by atoms with Gasteiger partial charge in [0, 0.05) is 25.1 Å². The molecule has 1 unspecified atom stereocenters. The topological polar surface area (TPSA) is 54.4 Å². The highest BCUT2D eigenvalue weighted by molar-refractivity contribution is 6.21. The summed E-state index contributed by atoms with van der Waals surface area (Å²) < 4.78 is 0. The number of alkyl halides is 1. The van der Waals surface area contributed by atoms with E-state index < -0.39 is 0 Å². The molecule has 0 saturated carbocycles. The van der Waals surface area contributed by atoms with E-state index in [0.29, 0.717) is 38.0 Å². The van der Waals surface area contributed by atoms with Gasteiger partial charge in [0.25, 0.3) is 0 Å². The molecule has 0 heterocycles. The predicted octanol–water partition coefficient (Wildman–Crippen LogP) is 2.78. The van der Waals surface area contributed by atoms with Crippen molar-refractivity contribution in [3.63, 3.8) is 0 Å². The van der Waals surface area contributed by atoms with Crippen molar-refractivity contribution in [2.75, 3.05) is 5.88 Å². The zero-order valence-electron chi connectivity index (χ0n) is 9.46. The fourth-order valence-electron chi connectivity index (χ4n) is 2.00. The highest BCUT2D eigenvalue weighted by atomic mass is 35.5. The molecule has 0 saturated heterocycles. The lowest BCUT2D eigenvalue weighted by Gasteiger charge is -2.21. The maximum atomic E-state index is 11.7. The van der Waals surface area contributed by atoms with Gasteiger partial charge in [0.2, 0.25) is 0 Å². The van der Waals surface area contributed by atoms with E-state index in [1.165, 1.54) is 0 Å². The van der Waals surface area contributed by atoms with E-state index in [9.17, 15) is 14.7 Å². The number of ketones is 2. The molecule has 0 amide bonds. The van der Waals surface area contributed by atoms with Crippen molar-refractivity contribution in [2.45, 2.75) is 39.0 Å². The van der Waals surface area contributed by atoms with Crippen LogP contribution in [-0.2, 0) is 9.59 Å². The molecule has 1 rings (SSSR count). The summed E-state index contributed by atoms with van der Waals surface area (Å²) in [4.78, 5) is 23.3. The van der Waals surface area contributed by atoms with Gasteiger partial charge in [-0.25, -0.2) is 0 Å². The van der Waals surface area contributed by atoms with Crippen LogP contribution < -0.4 is 0 Å². The molecule has 1 atom stereocenters. The third-order valence-electron chi connectivity index (χ3n) is 2.80. The second kappa shape index (κ2) is 6.04. The Morgan fingerprint density at radius 3 is 2.69 bits per heavy atom. The molecular weight excluding hydrogens is 228 g/mol. The highest BCUT2D eigenvalue weighted by Gasteiger charge is 2.30. The normalized spacial score (nSPS) is 21.4. The maximum absolute atomic E-state index is 11.7. The Balaban J connectivity index is 2.80. The van der Waals surface area contributed by atoms with Crippen LogP contribution in [0.3, 0.4) is 0 Å². The van der Waals surface area contributed by atoms with Gasteiger partial charge < -0.3 is 5.11 Å². The first-order valence-electron chi connectivity index (χ1n) is 5.64. The molecule has 0 aromatic rings. The molecule has 0 aliphatic heterocycles. The Bertz CT molecular complexity index is 320. The van der Waals surface area contributed by atoms with Gasteiger partial charge in [-0.1, -0.05) is 6.92 Å². The third kappa shape index (κ3) is 3.08. The zero-order valence-corrected chi connectivity index (χ0v) is 10.2. The van der Waals surface area contributed by atoms with Crippen molar-refractivity contribution < 1.29 is 14.7 Å². The zero-order chi connectivity index (χ0) is 12.1. The minimum absolute atomic E-state index is 0.0349. The van der Waals surface area contributed by atoms with E-state index in [1.807, 2.05) is 6.92 Å². The summed E-state index contributed by atoms with van der Waals surface area (Å²) in [5, 5.41) is 9.73. The molecule has 1 aliphatic carbocycles. The standard InChI is InChI=1S/C12H17ClO3/c1-2-3-9(14)12-10(15)6-8(4-5-13)7-11(12)16/h8,15H,2-7H2,1H3. The Morgan fingerprint density at radius 1 is 1.50 bits per heavy atom. The summed E-state index contributed by atoms with van der Waals surface area (Å²) in [5.41, 5.74) is 0.0349. The van der Waals surface area contributed by atoms with Gasteiger partial charge in [0.1, 0.15) is 5.76 Å². The number of rotatable bonds is 5. The summed E-state index contributed by atoms with van der Waals surface area (Å²) in [6, 6.07) is 0. The van der Waals surface area contributed by atoms with Gasteiger partial charge in [0.15, 0.2) is 11.6 Å². The molecule has 3 nitrogen and oxygen atoms in total. The molecule has 4 heteroatoms. The lowest BCUT2D eigenvalue weighted by atomic mass is 9.83. The number of halogens is 1. The van der Waals surface area contributed by atoms with E-state index >= 15 is 0 Å². The Morgan fingerprint density at radius 2 is 2.19 bits per heavy atom. The van der Waals surface area contributed by atoms with Crippen LogP contribution in [0.5, 0.6) is 0 Å². The molecule has 0 spiro atoms. The van der Waals surface area contributed by atoms with Gasteiger partial charge in [-0.05, 0) is 18.8 Å².